The van der Waals surface area contributed by atoms with E-state index in [4.69, 9.17) is 4.42 Å². The lowest BCUT2D eigenvalue weighted by Crippen LogP contribution is -1.70. The van der Waals surface area contributed by atoms with Crippen molar-refractivity contribution >= 4 is 11.1 Å². The minimum atomic E-state index is 0.727. The van der Waals surface area contributed by atoms with Crippen molar-refractivity contribution in [2.75, 3.05) is 0 Å². The van der Waals surface area contributed by atoms with Crippen LogP contribution in [-0.2, 0) is 0 Å². The van der Waals surface area contributed by atoms with Crippen LogP contribution in [0, 0.1) is 13.8 Å². The minimum absolute atomic E-state index is 0.727. The molecule has 0 unspecified atom stereocenters. The molecule has 0 aliphatic rings. The van der Waals surface area contributed by atoms with E-state index < -0.39 is 0 Å². The zero-order valence-corrected chi connectivity index (χ0v) is 10.0. The summed E-state index contributed by atoms with van der Waals surface area (Å²) in [6.07, 6.45) is 2.64. The molecule has 2 aromatic rings. The van der Waals surface area contributed by atoms with Gasteiger partial charge in [0.15, 0.2) is 11.5 Å². The average molecular weight is 205 g/mol. The number of hydrogen-bond acceptors (Lipinski definition) is 2. The molecule has 0 spiro atoms. The van der Waals surface area contributed by atoms with Crippen LogP contribution in [0.15, 0.2) is 22.6 Å². The molecule has 0 saturated heterocycles. The van der Waals surface area contributed by atoms with Crippen molar-refractivity contribution in [2.45, 2.75) is 40.5 Å². The predicted molar refractivity (Wildman–Crippen MR) is 64.1 cm³/mol. The molecule has 2 heteroatoms. The minimum Gasteiger partial charge on any atom is -0.441 e. The summed E-state index contributed by atoms with van der Waals surface area (Å²) in [7, 11) is 0. The number of fused-ring (bicyclic) bond motifs is 1. The Balaban J connectivity index is 0.000000245. The Morgan fingerprint density at radius 1 is 1.13 bits per heavy atom. The second-order valence-corrected chi connectivity index (χ2v) is 3.70. The molecule has 0 bridgehead atoms. The van der Waals surface area contributed by atoms with E-state index in [-0.39, 0.29) is 0 Å². The largest absolute Gasteiger partial charge is 0.441 e. The molecule has 0 fully saturated rings. The fourth-order valence-electron chi connectivity index (χ4n) is 1.15. The summed E-state index contributed by atoms with van der Waals surface area (Å²) in [5.74, 6) is 0.727. The van der Waals surface area contributed by atoms with E-state index in [1.54, 1.807) is 0 Å². The highest BCUT2D eigenvalue weighted by Gasteiger charge is 1.99. The standard InChI is InChI=1S/C9H9NO.C4H10/c1-6-3-4-8-9(5-6)11-7(2)10-8;1-3-4-2/h3-5H,1-2H3;3-4H2,1-2H3. The van der Waals surface area contributed by atoms with E-state index in [0.717, 1.165) is 17.0 Å². The summed E-state index contributed by atoms with van der Waals surface area (Å²) in [6.45, 7) is 8.26. The summed E-state index contributed by atoms with van der Waals surface area (Å²) in [6, 6.07) is 6.00. The summed E-state index contributed by atoms with van der Waals surface area (Å²) >= 11 is 0. The van der Waals surface area contributed by atoms with E-state index in [1.165, 1.54) is 18.4 Å². The van der Waals surface area contributed by atoms with E-state index in [9.17, 15) is 0 Å². The zero-order chi connectivity index (χ0) is 11.3. The Labute approximate surface area is 91.3 Å². The number of rotatable bonds is 1. The highest BCUT2D eigenvalue weighted by molar-refractivity contribution is 5.73. The number of benzene rings is 1. The fraction of sp³-hybridized carbons (Fsp3) is 0.462. The number of hydrogen-bond donors (Lipinski definition) is 0. The molecular formula is C13H19NO. The van der Waals surface area contributed by atoms with E-state index in [1.807, 2.05) is 32.0 Å². The molecular weight excluding hydrogens is 186 g/mol. The van der Waals surface area contributed by atoms with Crippen molar-refractivity contribution in [3.63, 3.8) is 0 Å². The molecule has 0 aliphatic heterocycles. The quantitative estimate of drug-likeness (QED) is 0.695. The van der Waals surface area contributed by atoms with Gasteiger partial charge in [-0.1, -0.05) is 32.8 Å². The molecule has 1 aromatic carbocycles. The molecule has 82 valence electrons. The van der Waals surface area contributed by atoms with Crippen LogP contribution in [-0.4, -0.2) is 4.98 Å². The zero-order valence-electron chi connectivity index (χ0n) is 10.0. The van der Waals surface area contributed by atoms with Gasteiger partial charge in [0.2, 0.25) is 0 Å². The Morgan fingerprint density at radius 2 is 1.80 bits per heavy atom. The van der Waals surface area contributed by atoms with Gasteiger partial charge in [0.05, 0.1) is 0 Å². The lowest BCUT2D eigenvalue weighted by atomic mass is 10.2. The van der Waals surface area contributed by atoms with Gasteiger partial charge in [0.25, 0.3) is 0 Å². The molecule has 0 radical (unpaired) electrons. The second kappa shape index (κ2) is 5.54. The molecule has 0 saturated carbocycles. The number of oxazole rings is 1. The van der Waals surface area contributed by atoms with Gasteiger partial charge in [-0.3, -0.25) is 0 Å². The van der Waals surface area contributed by atoms with Crippen molar-refractivity contribution in [1.29, 1.82) is 0 Å². The normalized spacial score (nSPS) is 9.87. The van der Waals surface area contributed by atoms with Crippen molar-refractivity contribution in [3.8, 4) is 0 Å². The third-order valence-corrected chi connectivity index (χ3v) is 2.15. The average Bonchev–Trinajstić information content (AvgIpc) is 2.58. The van der Waals surface area contributed by atoms with Crippen LogP contribution >= 0.6 is 0 Å². The maximum atomic E-state index is 5.34. The Morgan fingerprint density at radius 3 is 2.40 bits per heavy atom. The smallest absolute Gasteiger partial charge is 0.192 e. The highest BCUT2D eigenvalue weighted by Crippen LogP contribution is 2.15. The maximum absolute atomic E-state index is 5.34. The van der Waals surface area contributed by atoms with Crippen LogP contribution in [0.4, 0.5) is 0 Å². The van der Waals surface area contributed by atoms with Gasteiger partial charge in [-0.25, -0.2) is 4.98 Å². The fourth-order valence-corrected chi connectivity index (χ4v) is 1.15. The van der Waals surface area contributed by atoms with Gasteiger partial charge in [-0.15, -0.1) is 0 Å². The lowest BCUT2D eigenvalue weighted by molar-refractivity contribution is 0.561. The maximum Gasteiger partial charge on any atom is 0.192 e. The SMILES string of the molecule is CCCC.Cc1ccc2nc(C)oc2c1. The molecule has 0 aliphatic carbocycles. The predicted octanol–water partition coefficient (Wildman–Crippen LogP) is 4.25. The van der Waals surface area contributed by atoms with Gasteiger partial charge in [-0.2, -0.15) is 0 Å². The number of aromatic nitrogens is 1. The third-order valence-electron chi connectivity index (χ3n) is 2.15. The molecule has 1 heterocycles. The second-order valence-electron chi connectivity index (χ2n) is 3.70. The Hall–Kier alpha value is -1.31. The molecule has 0 N–H and O–H groups in total. The number of unbranched alkanes of at least 4 members (excludes halogenated alkanes) is 1. The van der Waals surface area contributed by atoms with Crippen molar-refractivity contribution < 1.29 is 4.42 Å². The first-order chi connectivity index (χ1) is 7.17. The van der Waals surface area contributed by atoms with Gasteiger partial charge in [-0.05, 0) is 24.6 Å². The third kappa shape index (κ3) is 3.39. The summed E-state index contributed by atoms with van der Waals surface area (Å²) < 4.78 is 5.34. The van der Waals surface area contributed by atoms with Crippen LogP contribution in [0.5, 0.6) is 0 Å². The summed E-state index contributed by atoms with van der Waals surface area (Å²) in [4.78, 5) is 4.19. The van der Waals surface area contributed by atoms with Crippen LogP contribution < -0.4 is 0 Å². The monoisotopic (exact) mass is 205 g/mol. The summed E-state index contributed by atoms with van der Waals surface area (Å²) in [5.41, 5.74) is 3.02. The Kier molecular flexibility index (Phi) is 4.35. The topological polar surface area (TPSA) is 26.0 Å². The van der Waals surface area contributed by atoms with E-state index in [0.29, 0.717) is 0 Å². The summed E-state index contributed by atoms with van der Waals surface area (Å²) in [5, 5.41) is 0. The lowest BCUT2D eigenvalue weighted by Gasteiger charge is -1.87. The molecule has 2 rings (SSSR count). The van der Waals surface area contributed by atoms with E-state index >= 15 is 0 Å². The van der Waals surface area contributed by atoms with Gasteiger partial charge < -0.3 is 4.42 Å². The Bertz CT molecular complexity index is 415. The first-order valence-corrected chi connectivity index (χ1v) is 5.51. The molecule has 15 heavy (non-hydrogen) atoms. The van der Waals surface area contributed by atoms with Crippen LogP contribution in [0.3, 0.4) is 0 Å². The van der Waals surface area contributed by atoms with Crippen LogP contribution in [0.1, 0.15) is 38.1 Å². The first kappa shape index (κ1) is 11.8. The number of aryl methyl sites for hydroxylation is 2. The number of nitrogens with zero attached hydrogens (tertiary/aromatic N) is 1. The van der Waals surface area contributed by atoms with Gasteiger partial charge >= 0.3 is 0 Å². The van der Waals surface area contributed by atoms with Crippen molar-refractivity contribution in [1.82, 2.24) is 4.98 Å². The van der Waals surface area contributed by atoms with Gasteiger partial charge in [0, 0.05) is 6.92 Å². The van der Waals surface area contributed by atoms with Gasteiger partial charge in [0.1, 0.15) is 5.52 Å². The van der Waals surface area contributed by atoms with Crippen molar-refractivity contribution in [3.05, 3.63) is 29.7 Å². The first-order valence-electron chi connectivity index (χ1n) is 5.51. The molecule has 0 atom stereocenters. The van der Waals surface area contributed by atoms with Crippen molar-refractivity contribution in [2.24, 2.45) is 0 Å². The van der Waals surface area contributed by atoms with Crippen LogP contribution in [0.2, 0.25) is 0 Å². The molecule has 1 aromatic heterocycles. The van der Waals surface area contributed by atoms with E-state index in [2.05, 4.69) is 18.8 Å². The molecule has 2 nitrogen and oxygen atoms in total. The highest BCUT2D eigenvalue weighted by atomic mass is 16.3. The molecule has 0 amide bonds. The van der Waals surface area contributed by atoms with Crippen LogP contribution in [0.25, 0.3) is 11.1 Å².